The molecule has 0 spiro atoms. The van der Waals surface area contributed by atoms with E-state index in [1.165, 1.54) is 6.21 Å². The Morgan fingerprint density at radius 3 is 2.00 bits per heavy atom. The molecule has 0 radical (unpaired) electrons. The van der Waals surface area contributed by atoms with Crippen molar-refractivity contribution in [1.82, 2.24) is 0 Å². The van der Waals surface area contributed by atoms with Crippen molar-refractivity contribution in [1.29, 1.82) is 5.41 Å². The Hall–Kier alpha value is -2.58. The van der Waals surface area contributed by atoms with E-state index in [0.29, 0.717) is 6.54 Å². The van der Waals surface area contributed by atoms with Gasteiger partial charge in [-0.25, -0.2) is 0 Å². The third-order valence-corrected chi connectivity index (χ3v) is 2.13. The van der Waals surface area contributed by atoms with Crippen LogP contribution in [0.1, 0.15) is 11.1 Å². The van der Waals surface area contributed by atoms with Gasteiger partial charge in [0.25, 0.3) is 0 Å². The molecule has 4 nitrogen and oxygen atoms in total. The zero-order valence-electron chi connectivity index (χ0n) is 9.90. The van der Waals surface area contributed by atoms with Crippen LogP contribution in [-0.4, -0.2) is 6.21 Å². The molecule has 0 amide bonds. The van der Waals surface area contributed by atoms with Gasteiger partial charge in [0.2, 0.25) is 0 Å². The van der Waals surface area contributed by atoms with E-state index in [4.69, 9.17) is 10.9 Å². The summed E-state index contributed by atoms with van der Waals surface area (Å²) >= 11 is 0. The van der Waals surface area contributed by atoms with Gasteiger partial charge in [0.15, 0.2) is 0 Å². The number of benzene rings is 2. The fourth-order valence-electron chi connectivity index (χ4n) is 1.25. The van der Waals surface area contributed by atoms with Crippen LogP contribution in [0.2, 0.25) is 0 Å². The number of nitrogens with zero attached hydrogens (tertiary/aromatic N) is 3. The number of rotatable bonds is 3. The Morgan fingerprint density at radius 2 is 1.56 bits per heavy atom. The van der Waals surface area contributed by atoms with Crippen LogP contribution in [0.15, 0.2) is 65.8 Å². The van der Waals surface area contributed by atoms with Crippen molar-refractivity contribution >= 4 is 6.21 Å². The molecule has 1 N–H and O–H groups in total. The van der Waals surface area contributed by atoms with Crippen molar-refractivity contribution in [3.8, 4) is 0 Å². The first kappa shape index (κ1) is 13.5. The molecule has 0 saturated carbocycles. The second kappa shape index (κ2) is 8.56. The maximum absolute atomic E-state index is 7.99. The van der Waals surface area contributed by atoms with Crippen molar-refractivity contribution in [3.05, 3.63) is 82.2 Å². The van der Waals surface area contributed by atoms with E-state index in [-0.39, 0.29) is 0 Å². The van der Waals surface area contributed by atoms with Crippen molar-refractivity contribution in [2.75, 3.05) is 0 Å². The minimum atomic E-state index is 0.442. The van der Waals surface area contributed by atoms with Gasteiger partial charge in [-0.3, -0.25) is 0 Å². The predicted molar refractivity (Wildman–Crippen MR) is 73.6 cm³/mol. The maximum Gasteiger partial charge on any atom is 0.0510 e. The Morgan fingerprint density at radius 1 is 1.00 bits per heavy atom. The summed E-state index contributed by atoms with van der Waals surface area (Å²) in [7, 11) is 0. The normalized spacial score (nSPS) is 8.44. The van der Waals surface area contributed by atoms with Crippen LogP contribution in [0.4, 0.5) is 0 Å². The van der Waals surface area contributed by atoms with Gasteiger partial charge in [-0.15, -0.1) is 0 Å². The van der Waals surface area contributed by atoms with E-state index in [2.05, 4.69) is 10.0 Å². The summed E-state index contributed by atoms with van der Waals surface area (Å²) < 4.78 is 0. The van der Waals surface area contributed by atoms with Crippen molar-refractivity contribution < 1.29 is 0 Å². The van der Waals surface area contributed by atoms with Crippen LogP contribution in [0.5, 0.6) is 0 Å². The molecule has 0 unspecified atom stereocenters. The van der Waals surface area contributed by atoms with E-state index in [1.807, 2.05) is 60.7 Å². The average Bonchev–Trinajstić information content (AvgIpc) is 2.48. The standard InChI is InChI=1S/C7H7N3.C7H7N/c8-10-9-6-7-4-2-1-3-5-7;8-6-7-4-2-1-3-5-7/h1-5H,6H2;1-6,8H. The lowest BCUT2D eigenvalue weighted by molar-refractivity contribution is 1.05. The van der Waals surface area contributed by atoms with Gasteiger partial charge in [0.1, 0.15) is 0 Å². The Labute approximate surface area is 106 Å². The molecule has 0 heterocycles. The van der Waals surface area contributed by atoms with Gasteiger partial charge in [-0.1, -0.05) is 65.8 Å². The summed E-state index contributed by atoms with van der Waals surface area (Å²) in [5, 5.41) is 10.2. The van der Waals surface area contributed by atoms with Crippen LogP contribution < -0.4 is 0 Å². The second-order valence-corrected chi connectivity index (χ2v) is 3.43. The summed E-state index contributed by atoms with van der Waals surface area (Å²) in [6, 6.07) is 19.2. The Kier molecular flexibility index (Phi) is 6.41. The molecule has 4 heteroatoms. The lowest BCUT2D eigenvalue weighted by Crippen LogP contribution is -1.75. The molecule has 0 aliphatic carbocycles. The van der Waals surface area contributed by atoms with E-state index in [9.17, 15) is 0 Å². The minimum Gasteiger partial charge on any atom is -0.308 e. The van der Waals surface area contributed by atoms with Crippen LogP contribution in [0, 0.1) is 5.41 Å². The monoisotopic (exact) mass is 238 g/mol. The number of azide groups is 1. The third-order valence-electron chi connectivity index (χ3n) is 2.13. The number of hydrogen-bond acceptors (Lipinski definition) is 2. The van der Waals surface area contributed by atoms with Gasteiger partial charge in [-0.05, 0) is 16.7 Å². The SMILES string of the molecule is N=Cc1ccccc1.[N-]=[N+]=NCc1ccccc1. The highest BCUT2D eigenvalue weighted by molar-refractivity contribution is 5.76. The van der Waals surface area contributed by atoms with Crippen LogP contribution >= 0.6 is 0 Å². The first-order valence-corrected chi connectivity index (χ1v) is 5.47. The van der Waals surface area contributed by atoms with Gasteiger partial charge in [0, 0.05) is 11.1 Å². The van der Waals surface area contributed by atoms with Gasteiger partial charge < -0.3 is 5.41 Å². The Balaban J connectivity index is 0.000000184. The lowest BCUT2D eigenvalue weighted by Gasteiger charge is -1.90. The minimum absolute atomic E-state index is 0.442. The van der Waals surface area contributed by atoms with E-state index < -0.39 is 0 Å². The molecular weight excluding hydrogens is 224 g/mol. The molecule has 18 heavy (non-hydrogen) atoms. The molecule has 0 aliphatic rings. The van der Waals surface area contributed by atoms with Gasteiger partial charge in [0.05, 0.1) is 6.54 Å². The molecular formula is C14H14N4. The van der Waals surface area contributed by atoms with Crippen molar-refractivity contribution in [3.63, 3.8) is 0 Å². The van der Waals surface area contributed by atoms with E-state index >= 15 is 0 Å². The number of nitrogens with one attached hydrogen (secondary N) is 1. The maximum atomic E-state index is 7.99. The highest BCUT2D eigenvalue weighted by Gasteiger charge is 1.84. The summed E-state index contributed by atoms with van der Waals surface area (Å²) in [6.07, 6.45) is 1.33. The topological polar surface area (TPSA) is 72.6 Å². The van der Waals surface area contributed by atoms with Crippen LogP contribution in [0.25, 0.3) is 10.4 Å². The van der Waals surface area contributed by atoms with Gasteiger partial charge >= 0.3 is 0 Å². The largest absolute Gasteiger partial charge is 0.308 e. The fraction of sp³-hybridized carbons (Fsp3) is 0.0714. The molecule has 0 fully saturated rings. The second-order valence-electron chi connectivity index (χ2n) is 3.43. The van der Waals surface area contributed by atoms with Crippen LogP contribution in [-0.2, 0) is 6.54 Å². The molecule has 0 atom stereocenters. The molecule has 2 rings (SSSR count). The highest BCUT2D eigenvalue weighted by atomic mass is 15.1. The molecule has 2 aromatic rings. The zero-order valence-corrected chi connectivity index (χ0v) is 9.90. The van der Waals surface area contributed by atoms with E-state index in [0.717, 1.165) is 11.1 Å². The van der Waals surface area contributed by atoms with Crippen LogP contribution in [0.3, 0.4) is 0 Å². The summed E-state index contributed by atoms with van der Waals surface area (Å²) in [4.78, 5) is 2.66. The smallest absolute Gasteiger partial charge is 0.0510 e. The third kappa shape index (κ3) is 5.49. The molecule has 0 aromatic heterocycles. The molecule has 0 bridgehead atoms. The van der Waals surface area contributed by atoms with Crippen molar-refractivity contribution in [2.45, 2.75) is 6.54 Å². The fourth-order valence-corrected chi connectivity index (χ4v) is 1.25. The molecule has 90 valence electrons. The first-order valence-electron chi connectivity index (χ1n) is 5.47. The summed E-state index contributed by atoms with van der Waals surface area (Å²) in [6.45, 7) is 0.442. The first-order chi connectivity index (χ1) is 8.86. The molecule has 2 aromatic carbocycles. The predicted octanol–water partition coefficient (Wildman–Crippen LogP) is 4.18. The Bertz CT molecular complexity index is 502. The lowest BCUT2D eigenvalue weighted by atomic mass is 10.2. The zero-order chi connectivity index (χ0) is 13.1. The average molecular weight is 238 g/mol. The quantitative estimate of drug-likeness (QED) is 0.360. The highest BCUT2D eigenvalue weighted by Crippen LogP contribution is 1.99. The molecule has 0 saturated heterocycles. The van der Waals surface area contributed by atoms with Gasteiger partial charge in [-0.2, -0.15) is 0 Å². The van der Waals surface area contributed by atoms with E-state index in [1.54, 1.807) is 0 Å². The summed E-state index contributed by atoms with van der Waals surface area (Å²) in [5.74, 6) is 0. The summed E-state index contributed by atoms with van der Waals surface area (Å²) in [5.41, 5.74) is 9.98. The van der Waals surface area contributed by atoms with Crippen molar-refractivity contribution in [2.24, 2.45) is 5.11 Å². The molecule has 0 aliphatic heterocycles. The number of hydrogen-bond donors (Lipinski definition) is 1.